The van der Waals surface area contributed by atoms with Crippen LogP contribution in [0, 0.1) is 0 Å². The third kappa shape index (κ3) is 2.51. The molecule has 0 bridgehead atoms. The minimum Gasteiger partial charge on any atom is -0.312 e. The molecule has 3 heteroatoms. The third-order valence-electron chi connectivity index (χ3n) is 1.65. The lowest BCUT2D eigenvalue weighted by Gasteiger charge is -2.11. The molecule has 0 aliphatic heterocycles. The van der Waals surface area contributed by atoms with Gasteiger partial charge in [-0.1, -0.05) is 6.07 Å². The first-order valence-corrected chi connectivity index (χ1v) is 5.21. The van der Waals surface area contributed by atoms with Crippen LogP contribution in [0.5, 0.6) is 0 Å². The van der Waals surface area contributed by atoms with Crippen molar-refractivity contribution in [2.75, 3.05) is 12.8 Å². The Kier molecular flexibility index (Phi) is 3.97. The summed E-state index contributed by atoms with van der Waals surface area (Å²) in [5.74, 6) is 0.934. The molecule has 0 aliphatic carbocycles. The minimum atomic E-state index is 0.493. The van der Waals surface area contributed by atoms with Crippen LogP contribution >= 0.6 is 24.0 Å². The highest BCUT2D eigenvalue weighted by Crippen LogP contribution is 2.21. The van der Waals surface area contributed by atoms with Crippen LogP contribution in [-0.2, 0) is 0 Å². The quantitative estimate of drug-likeness (QED) is 0.689. The molecular weight excluding hydrogens is 174 g/mol. The second-order valence-electron chi connectivity index (χ2n) is 2.37. The lowest BCUT2D eigenvalue weighted by Crippen LogP contribution is -2.15. The zero-order chi connectivity index (χ0) is 8.10. The fourth-order valence-corrected chi connectivity index (χ4v) is 2.18. The Balaban J connectivity index is 2.56. The van der Waals surface area contributed by atoms with Crippen molar-refractivity contribution in [3.05, 3.63) is 22.4 Å². The van der Waals surface area contributed by atoms with Gasteiger partial charge < -0.3 is 5.32 Å². The first kappa shape index (κ1) is 9.10. The molecule has 1 atom stereocenters. The van der Waals surface area contributed by atoms with Crippen molar-refractivity contribution in [3.8, 4) is 0 Å². The van der Waals surface area contributed by atoms with Crippen molar-refractivity contribution in [2.45, 2.75) is 12.5 Å². The predicted molar refractivity (Wildman–Crippen MR) is 54.6 cm³/mol. The van der Waals surface area contributed by atoms with E-state index in [-0.39, 0.29) is 0 Å². The third-order valence-corrected chi connectivity index (χ3v) is 2.90. The molecule has 0 saturated carbocycles. The van der Waals surface area contributed by atoms with E-state index in [9.17, 15) is 0 Å². The Morgan fingerprint density at radius 3 is 3.00 bits per heavy atom. The van der Waals surface area contributed by atoms with Crippen LogP contribution in [0.25, 0.3) is 0 Å². The van der Waals surface area contributed by atoms with Crippen LogP contribution in [0.1, 0.15) is 17.3 Å². The van der Waals surface area contributed by atoms with Crippen molar-refractivity contribution in [1.82, 2.24) is 5.32 Å². The van der Waals surface area contributed by atoms with Gasteiger partial charge in [0.25, 0.3) is 0 Å². The summed E-state index contributed by atoms with van der Waals surface area (Å²) in [6, 6.07) is 4.74. The molecule has 0 aliphatic rings. The summed E-state index contributed by atoms with van der Waals surface area (Å²) >= 11 is 6.01. The number of hydrogen-bond donors (Lipinski definition) is 2. The number of thiophene rings is 1. The summed E-state index contributed by atoms with van der Waals surface area (Å²) in [7, 11) is 1.99. The number of hydrogen-bond acceptors (Lipinski definition) is 3. The van der Waals surface area contributed by atoms with E-state index in [1.807, 2.05) is 7.05 Å². The molecule has 1 N–H and O–H groups in total. The molecule has 1 aromatic heterocycles. The van der Waals surface area contributed by atoms with E-state index in [4.69, 9.17) is 0 Å². The Morgan fingerprint density at radius 1 is 1.73 bits per heavy atom. The minimum absolute atomic E-state index is 0.493. The van der Waals surface area contributed by atoms with Crippen LogP contribution in [0.3, 0.4) is 0 Å². The average molecular weight is 187 g/mol. The Hall–Kier alpha value is 0.01000. The van der Waals surface area contributed by atoms with Gasteiger partial charge in [-0.2, -0.15) is 12.6 Å². The standard InChI is InChI=1S/C8H13NS2/c1-9-7(4-5-10)8-3-2-6-11-8/h2-3,6-7,9-10H,4-5H2,1H3. The molecule has 1 rings (SSSR count). The molecule has 0 spiro atoms. The van der Waals surface area contributed by atoms with E-state index in [0.29, 0.717) is 6.04 Å². The molecule has 0 radical (unpaired) electrons. The fourth-order valence-electron chi connectivity index (χ4n) is 1.05. The summed E-state index contributed by atoms with van der Waals surface area (Å²) in [6.07, 6.45) is 1.10. The van der Waals surface area contributed by atoms with Crippen LogP contribution < -0.4 is 5.32 Å². The van der Waals surface area contributed by atoms with Crippen LogP contribution in [-0.4, -0.2) is 12.8 Å². The molecule has 1 aromatic rings. The van der Waals surface area contributed by atoms with Crippen LogP contribution in [0.2, 0.25) is 0 Å². The molecule has 0 amide bonds. The summed E-state index contributed by atoms with van der Waals surface area (Å²) in [5.41, 5.74) is 0. The van der Waals surface area contributed by atoms with E-state index in [1.165, 1.54) is 4.88 Å². The summed E-state index contributed by atoms with van der Waals surface area (Å²) in [5, 5.41) is 5.38. The maximum atomic E-state index is 4.21. The van der Waals surface area contributed by atoms with E-state index in [2.05, 4.69) is 35.5 Å². The van der Waals surface area contributed by atoms with Crippen molar-refractivity contribution in [2.24, 2.45) is 0 Å². The molecule has 1 heterocycles. The van der Waals surface area contributed by atoms with Gasteiger partial charge in [-0.3, -0.25) is 0 Å². The molecule has 0 saturated heterocycles. The smallest absolute Gasteiger partial charge is 0.0420 e. The van der Waals surface area contributed by atoms with Gasteiger partial charge in [-0.15, -0.1) is 11.3 Å². The Morgan fingerprint density at radius 2 is 2.55 bits per heavy atom. The largest absolute Gasteiger partial charge is 0.312 e. The molecular formula is C8H13NS2. The summed E-state index contributed by atoms with van der Waals surface area (Å²) in [4.78, 5) is 1.40. The number of rotatable bonds is 4. The SMILES string of the molecule is CNC(CCS)c1cccs1. The van der Waals surface area contributed by atoms with Crippen molar-refractivity contribution in [1.29, 1.82) is 0 Å². The molecule has 1 nitrogen and oxygen atoms in total. The van der Waals surface area contributed by atoms with Gasteiger partial charge in [0.1, 0.15) is 0 Å². The van der Waals surface area contributed by atoms with Gasteiger partial charge >= 0.3 is 0 Å². The highest BCUT2D eigenvalue weighted by molar-refractivity contribution is 7.80. The molecule has 11 heavy (non-hydrogen) atoms. The van der Waals surface area contributed by atoms with E-state index in [1.54, 1.807) is 11.3 Å². The van der Waals surface area contributed by atoms with Gasteiger partial charge in [0.15, 0.2) is 0 Å². The first-order chi connectivity index (χ1) is 5.38. The Labute approximate surface area is 77.2 Å². The topological polar surface area (TPSA) is 12.0 Å². The highest BCUT2D eigenvalue weighted by Gasteiger charge is 2.07. The normalized spacial score (nSPS) is 13.3. The van der Waals surface area contributed by atoms with Crippen LogP contribution in [0.4, 0.5) is 0 Å². The van der Waals surface area contributed by atoms with E-state index < -0.39 is 0 Å². The summed E-state index contributed by atoms with van der Waals surface area (Å²) in [6.45, 7) is 0. The number of thiol groups is 1. The zero-order valence-corrected chi connectivity index (χ0v) is 8.29. The highest BCUT2D eigenvalue weighted by atomic mass is 32.1. The van der Waals surface area contributed by atoms with Crippen molar-refractivity contribution >= 4 is 24.0 Å². The van der Waals surface area contributed by atoms with Gasteiger partial charge in [0.2, 0.25) is 0 Å². The molecule has 0 aromatic carbocycles. The van der Waals surface area contributed by atoms with Gasteiger partial charge in [0.05, 0.1) is 0 Å². The van der Waals surface area contributed by atoms with E-state index >= 15 is 0 Å². The predicted octanol–water partition coefficient (Wildman–Crippen LogP) is 2.33. The summed E-state index contributed by atoms with van der Waals surface area (Å²) < 4.78 is 0. The van der Waals surface area contributed by atoms with Gasteiger partial charge in [-0.05, 0) is 30.7 Å². The maximum absolute atomic E-state index is 4.21. The monoisotopic (exact) mass is 187 g/mol. The molecule has 0 fully saturated rings. The van der Waals surface area contributed by atoms with Crippen LogP contribution in [0.15, 0.2) is 17.5 Å². The fraction of sp³-hybridized carbons (Fsp3) is 0.500. The first-order valence-electron chi connectivity index (χ1n) is 3.70. The van der Waals surface area contributed by atoms with Crippen molar-refractivity contribution in [3.63, 3.8) is 0 Å². The second kappa shape index (κ2) is 4.80. The Bertz CT molecular complexity index is 184. The average Bonchev–Trinajstić information content (AvgIpc) is 2.52. The lowest BCUT2D eigenvalue weighted by atomic mass is 10.2. The second-order valence-corrected chi connectivity index (χ2v) is 3.80. The lowest BCUT2D eigenvalue weighted by molar-refractivity contribution is 0.591. The maximum Gasteiger partial charge on any atom is 0.0420 e. The zero-order valence-electron chi connectivity index (χ0n) is 6.58. The van der Waals surface area contributed by atoms with Crippen molar-refractivity contribution < 1.29 is 0 Å². The number of nitrogens with one attached hydrogen (secondary N) is 1. The van der Waals surface area contributed by atoms with Gasteiger partial charge in [0, 0.05) is 10.9 Å². The molecule has 62 valence electrons. The van der Waals surface area contributed by atoms with E-state index in [0.717, 1.165) is 12.2 Å². The molecule has 1 unspecified atom stereocenters. The van der Waals surface area contributed by atoms with Gasteiger partial charge in [-0.25, -0.2) is 0 Å².